The first-order chi connectivity index (χ1) is 9.10. The van der Waals surface area contributed by atoms with E-state index in [0.29, 0.717) is 12.8 Å². The summed E-state index contributed by atoms with van der Waals surface area (Å²) in [4.78, 5) is 23.1. The van der Waals surface area contributed by atoms with Gasteiger partial charge in [0.05, 0.1) is 11.8 Å². The van der Waals surface area contributed by atoms with Crippen molar-refractivity contribution in [2.75, 3.05) is 13.7 Å². The molecule has 0 heterocycles. The lowest BCUT2D eigenvalue weighted by atomic mass is 9.79. The molecule has 19 heavy (non-hydrogen) atoms. The van der Waals surface area contributed by atoms with Gasteiger partial charge in [-0.25, -0.2) is 0 Å². The van der Waals surface area contributed by atoms with E-state index in [1.165, 1.54) is 0 Å². The molecular formula is C14H22O5. The van der Waals surface area contributed by atoms with E-state index in [2.05, 4.69) is 0 Å². The molecule has 1 aliphatic rings. The van der Waals surface area contributed by atoms with Crippen LogP contribution in [0.1, 0.15) is 32.6 Å². The van der Waals surface area contributed by atoms with Crippen molar-refractivity contribution < 1.29 is 24.2 Å². The van der Waals surface area contributed by atoms with Crippen molar-refractivity contribution >= 4 is 11.9 Å². The summed E-state index contributed by atoms with van der Waals surface area (Å²) in [6, 6.07) is 0. The minimum Gasteiger partial charge on any atom is -0.481 e. The van der Waals surface area contributed by atoms with Gasteiger partial charge in [0.25, 0.3) is 0 Å². The van der Waals surface area contributed by atoms with Crippen molar-refractivity contribution in [1.29, 1.82) is 0 Å². The molecule has 5 nitrogen and oxygen atoms in total. The third-order valence-electron chi connectivity index (χ3n) is 3.49. The van der Waals surface area contributed by atoms with Crippen molar-refractivity contribution in [3.8, 4) is 0 Å². The third-order valence-corrected chi connectivity index (χ3v) is 3.49. The second-order valence-corrected chi connectivity index (χ2v) is 4.77. The van der Waals surface area contributed by atoms with E-state index in [1.54, 1.807) is 13.2 Å². The van der Waals surface area contributed by atoms with Crippen molar-refractivity contribution in [2.45, 2.75) is 38.7 Å². The van der Waals surface area contributed by atoms with Crippen LogP contribution in [0.25, 0.3) is 0 Å². The largest absolute Gasteiger partial charge is 0.481 e. The zero-order valence-electron chi connectivity index (χ0n) is 11.5. The number of carbonyl (C=O) groups is 2. The predicted octanol–water partition coefficient (Wildman–Crippen LogP) is 2.01. The lowest BCUT2D eigenvalue weighted by Crippen LogP contribution is -2.35. The van der Waals surface area contributed by atoms with Crippen molar-refractivity contribution in [3.63, 3.8) is 0 Å². The standard InChI is InChI=1S/C14H22O5/c1-3-6-10(18-2)9-19-14(17)12-8-5-4-7-11(12)13(15)16/h3,6,10-12H,4-5,7-9H2,1-2H3,(H,15,16). The summed E-state index contributed by atoms with van der Waals surface area (Å²) in [6.07, 6.45) is 6.23. The average molecular weight is 270 g/mol. The topological polar surface area (TPSA) is 72.8 Å². The minimum atomic E-state index is -0.904. The highest BCUT2D eigenvalue weighted by molar-refractivity contribution is 5.81. The molecule has 0 aromatic rings. The lowest BCUT2D eigenvalue weighted by molar-refractivity contribution is -0.161. The van der Waals surface area contributed by atoms with Gasteiger partial charge in [-0.15, -0.1) is 0 Å². The van der Waals surface area contributed by atoms with Gasteiger partial charge in [0, 0.05) is 7.11 Å². The summed E-state index contributed by atoms with van der Waals surface area (Å²) in [5.74, 6) is -2.45. The fourth-order valence-corrected chi connectivity index (χ4v) is 2.40. The van der Waals surface area contributed by atoms with Crippen molar-refractivity contribution in [2.24, 2.45) is 11.8 Å². The van der Waals surface area contributed by atoms with Crippen LogP contribution in [0.5, 0.6) is 0 Å². The molecule has 0 aromatic heterocycles. The molecule has 1 fully saturated rings. The highest BCUT2D eigenvalue weighted by Crippen LogP contribution is 2.31. The number of hydrogen-bond acceptors (Lipinski definition) is 4. The Kier molecular flexibility index (Phi) is 6.56. The number of methoxy groups -OCH3 is 1. The first kappa shape index (κ1) is 15.7. The molecule has 3 unspecified atom stereocenters. The molecule has 0 spiro atoms. The second-order valence-electron chi connectivity index (χ2n) is 4.77. The van der Waals surface area contributed by atoms with Crippen LogP contribution in [0.2, 0.25) is 0 Å². The van der Waals surface area contributed by atoms with Crippen LogP contribution in [-0.4, -0.2) is 36.9 Å². The van der Waals surface area contributed by atoms with E-state index in [1.807, 2.05) is 13.0 Å². The summed E-state index contributed by atoms with van der Waals surface area (Å²) >= 11 is 0. The van der Waals surface area contributed by atoms with Gasteiger partial charge in [-0.3, -0.25) is 9.59 Å². The molecule has 0 amide bonds. The molecule has 5 heteroatoms. The summed E-state index contributed by atoms with van der Waals surface area (Å²) < 4.78 is 10.3. The maximum atomic E-state index is 12.0. The molecule has 1 N–H and O–H groups in total. The number of carbonyl (C=O) groups excluding carboxylic acids is 1. The van der Waals surface area contributed by atoms with Crippen molar-refractivity contribution in [1.82, 2.24) is 0 Å². The van der Waals surface area contributed by atoms with Crippen molar-refractivity contribution in [3.05, 3.63) is 12.2 Å². The molecule has 3 atom stereocenters. The second kappa shape index (κ2) is 7.94. The zero-order valence-corrected chi connectivity index (χ0v) is 11.5. The van der Waals surface area contributed by atoms with Gasteiger partial charge in [0.2, 0.25) is 0 Å². The summed E-state index contributed by atoms with van der Waals surface area (Å²) in [7, 11) is 1.54. The Balaban J connectivity index is 2.53. The van der Waals surface area contributed by atoms with E-state index in [4.69, 9.17) is 14.6 Å². The van der Waals surface area contributed by atoms with Gasteiger partial charge in [0.15, 0.2) is 0 Å². The van der Waals surface area contributed by atoms with Crippen LogP contribution >= 0.6 is 0 Å². The van der Waals surface area contributed by atoms with Gasteiger partial charge in [0.1, 0.15) is 12.7 Å². The SMILES string of the molecule is CC=CC(COC(=O)C1CCCCC1C(=O)O)OC. The number of rotatable bonds is 6. The predicted molar refractivity (Wildman–Crippen MR) is 69.7 cm³/mol. The van der Waals surface area contributed by atoms with Gasteiger partial charge in [-0.1, -0.05) is 25.0 Å². The monoisotopic (exact) mass is 270 g/mol. The maximum absolute atomic E-state index is 12.0. The number of carboxylic acid groups (broad SMARTS) is 1. The molecule has 108 valence electrons. The third kappa shape index (κ3) is 4.67. The highest BCUT2D eigenvalue weighted by Gasteiger charge is 2.36. The Bertz CT molecular complexity index is 337. The zero-order chi connectivity index (χ0) is 14.3. The number of carboxylic acids is 1. The molecule has 0 bridgehead atoms. The fourth-order valence-electron chi connectivity index (χ4n) is 2.40. The van der Waals surface area contributed by atoms with Crippen LogP contribution in [0, 0.1) is 11.8 Å². The fraction of sp³-hybridized carbons (Fsp3) is 0.714. The van der Waals surface area contributed by atoms with Crippen LogP contribution < -0.4 is 0 Å². The molecule has 0 aromatic carbocycles. The molecule has 0 aliphatic heterocycles. The van der Waals surface area contributed by atoms with E-state index in [-0.39, 0.29) is 12.7 Å². The van der Waals surface area contributed by atoms with Crippen LogP contribution in [0.15, 0.2) is 12.2 Å². The van der Waals surface area contributed by atoms with Crippen LogP contribution in [-0.2, 0) is 19.1 Å². The highest BCUT2D eigenvalue weighted by atomic mass is 16.6. The Hall–Kier alpha value is -1.36. The first-order valence-electron chi connectivity index (χ1n) is 6.65. The number of ether oxygens (including phenoxy) is 2. The van der Waals surface area contributed by atoms with E-state index in [9.17, 15) is 9.59 Å². The Labute approximate surface area is 113 Å². The Morgan fingerprint density at radius 2 is 1.95 bits per heavy atom. The van der Waals surface area contributed by atoms with Gasteiger partial charge < -0.3 is 14.6 Å². The van der Waals surface area contributed by atoms with Crippen LogP contribution in [0.4, 0.5) is 0 Å². The molecule has 0 radical (unpaired) electrons. The summed E-state index contributed by atoms with van der Waals surface area (Å²) in [6.45, 7) is 1.98. The quantitative estimate of drug-likeness (QED) is 0.590. The Morgan fingerprint density at radius 3 is 2.47 bits per heavy atom. The van der Waals surface area contributed by atoms with Gasteiger partial charge in [-0.2, -0.15) is 0 Å². The number of hydrogen-bond donors (Lipinski definition) is 1. The van der Waals surface area contributed by atoms with Gasteiger partial charge in [-0.05, 0) is 19.8 Å². The molecule has 0 saturated heterocycles. The number of allylic oxidation sites excluding steroid dienone is 1. The smallest absolute Gasteiger partial charge is 0.309 e. The number of esters is 1. The minimum absolute atomic E-state index is 0.127. The van der Waals surface area contributed by atoms with Gasteiger partial charge >= 0.3 is 11.9 Å². The molecule has 1 saturated carbocycles. The Morgan fingerprint density at radius 1 is 1.32 bits per heavy atom. The molecular weight excluding hydrogens is 248 g/mol. The molecule has 1 aliphatic carbocycles. The summed E-state index contributed by atoms with van der Waals surface area (Å²) in [5.41, 5.74) is 0. The molecule has 1 rings (SSSR count). The van der Waals surface area contributed by atoms with E-state index < -0.39 is 23.8 Å². The number of aliphatic carboxylic acids is 1. The first-order valence-corrected chi connectivity index (χ1v) is 6.65. The van der Waals surface area contributed by atoms with Crippen LogP contribution in [0.3, 0.4) is 0 Å². The maximum Gasteiger partial charge on any atom is 0.309 e. The normalized spacial score (nSPS) is 25.2. The average Bonchev–Trinajstić information content (AvgIpc) is 2.43. The lowest BCUT2D eigenvalue weighted by Gasteiger charge is -2.27. The summed E-state index contributed by atoms with van der Waals surface area (Å²) in [5, 5.41) is 9.12. The van der Waals surface area contributed by atoms with E-state index >= 15 is 0 Å². The van der Waals surface area contributed by atoms with E-state index in [0.717, 1.165) is 12.8 Å².